The van der Waals surface area contributed by atoms with E-state index in [1.165, 1.54) is 0 Å². The number of carboxylic acids is 2. The second kappa shape index (κ2) is 9.51. The number of carboxylic acid groups (broad SMARTS) is 2. The monoisotopic (exact) mass is 447 g/mol. The number of amides is 1. The van der Waals surface area contributed by atoms with Crippen LogP contribution in [-0.4, -0.2) is 45.1 Å². The molecule has 0 spiro atoms. The maximum absolute atomic E-state index is 12.3. The van der Waals surface area contributed by atoms with Crippen molar-refractivity contribution in [2.75, 3.05) is 5.32 Å². The molecule has 0 radical (unpaired) electrons. The van der Waals surface area contributed by atoms with E-state index in [1.807, 2.05) is 13.8 Å². The van der Waals surface area contributed by atoms with Gasteiger partial charge in [-0.15, -0.1) is 0 Å². The van der Waals surface area contributed by atoms with Gasteiger partial charge in [-0.2, -0.15) is 0 Å². The zero-order chi connectivity index (χ0) is 21.0. The van der Waals surface area contributed by atoms with Crippen molar-refractivity contribution in [3.8, 4) is 0 Å². The van der Waals surface area contributed by atoms with Crippen LogP contribution < -0.4 is 10.6 Å². The van der Waals surface area contributed by atoms with Crippen molar-refractivity contribution >= 4 is 67.7 Å². The molecule has 28 heavy (non-hydrogen) atoms. The van der Waals surface area contributed by atoms with Crippen molar-refractivity contribution in [3.05, 3.63) is 22.2 Å². The molecule has 2 atom stereocenters. The Kier molecular flexibility index (Phi) is 7.59. The summed E-state index contributed by atoms with van der Waals surface area (Å²) in [5.41, 5.74) is 0.547. The third kappa shape index (κ3) is 6.03. The Balaban J connectivity index is 2.07. The number of rotatable bonds is 9. The Labute approximate surface area is 174 Å². The molecule has 0 fully saturated rings. The predicted molar refractivity (Wildman–Crippen MR) is 108 cm³/mol. The molecule has 152 valence electrons. The predicted octanol–water partition coefficient (Wildman–Crippen LogP) is 3.47. The summed E-state index contributed by atoms with van der Waals surface area (Å²) in [7, 11) is 0. The molecule has 2 rings (SSSR count). The van der Waals surface area contributed by atoms with E-state index in [0.29, 0.717) is 20.3 Å². The molecule has 1 aromatic heterocycles. The average Bonchev–Trinajstić information content (AvgIpc) is 2.93. The third-order valence-electron chi connectivity index (χ3n) is 3.77. The van der Waals surface area contributed by atoms with Gasteiger partial charge < -0.3 is 15.5 Å². The Morgan fingerprint density at radius 3 is 2.29 bits per heavy atom. The van der Waals surface area contributed by atoms with Gasteiger partial charge in [0.05, 0.1) is 26.7 Å². The number of aliphatic carboxylic acids is 2. The van der Waals surface area contributed by atoms with Gasteiger partial charge >= 0.3 is 11.9 Å². The Hall–Kier alpha value is -1.94. The minimum Gasteiger partial charge on any atom is -0.480 e. The Morgan fingerprint density at radius 1 is 1.11 bits per heavy atom. The van der Waals surface area contributed by atoms with Crippen molar-refractivity contribution in [2.45, 2.75) is 38.8 Å². The zero-order valence-corrected chi connectivity index (χ0v) is 17.4. The number of carbonyl (C=O) groups excluding carboxylic acids is 1. The minimum atomic E-state index is -1.35. The van der Waals surface area contributed by atoms with Crippen LogP contribution in [0.25, 0.3) is 10.2 Å². The SMILES string of the molecule is CC(C)CC(NC(CC(=O)Nc1nc2cc(Cl)c(Cl)cc2s1)C(=O)O)C(=O)O. The van der Waals surface area contributed by atoms with Gasteiger partial charge in [0.15, 0.2) is 5.13 Å². The quantitative estimate of drug-likeness (QED) is 0.462. The lowest BCUT2D eigenvalue weighted by Gasteiger charge is -2.21. The molecule has 0 aliphatic rings. The number of halogens is 2. The van der Waals surface area contributed by atoms with Crippen LogP contribution in [0.5, 0.6) is 0 Å². The molecule has 0 bridgehead atoms. The van der Waals surface area contributed by atoms with Crippen LogP contribution in [0.2, 0.25) is 10.0 Å². The number of nitrogens with zero attached hydrogens (tertiary/aromatic N) is 1. The number of hydrogen-bond donors (Lipinski definition) is 4. The van der Waals surface area contributed by atoms with Crippen molar-refractivity contribution in [3.63, 3.8) is 0 Å². The van der Waals surface area contributed by atoms with E-state index in [4.69, 9.17) is 23.2 Å². The van der Waals surface area contributed by atoms with E-state index in [1.54, 1.807) is 12.1 Å². The molecule has 2 unspecified atom stereocenters. The fraction of sp³-hybridized carbons (Fsp3) is 0.412. The molecular formula is C17H19Cl2N3O5S. The maximum Gasteiger partial charge on any atom is 0.321 e. The summed E-state index contributed by atoms with van der Waals surface area (Å²) in [5, 5.41) is 24.6. The lowest BCUT2D eigenvalue weighted by atomic mass is 10.0. The molecule has 2 aromatic rings. The molecule has 4 N–H and O–H groups in total. The van der Waals surface area contributed by atoms with Gasteiger partial charge in [0.1, 0.15) is 12.1 Å². The molecular weight excluding hydrogens is 429 g/mol. The topological polar surface area (TPSA) is 129 Å². The van der Waals surface area contributed by atoms with Gasteiger partial charge in [0.25, 0.3) is 0 Å². The number of carbonyl (C=O) groups is 3. The number of thiazole rings is 1. The first-order chi connectivity index (χ1) is 13.1. The molecule has 0 aliphatic carbocycles. The molecule has 0 saturated heterocycles. The van der Waals surface area contributed by atoms with Crippen LogP contribution in [0.1, 0.15) is 26.7 Å². The second-order valence-corrected chi connectivity index (χ2v) is 8.43. The van der Waals surface area contributed by atoms with Gasteiger partial charge in [-0.3, -0.25) is 19.7 Å². The highest BCUT2D eigenvalue weighted by molar-refractivity contribution is 7.22. The van der Waals surface area contributed by atoms with Crippen LogP contribution in [0.3, 0.4) is 0 Å². The summed E-state index contributed by atoms with van der Waals surface area (Å²) in [5.74, 6) is -3.04. The molecule has 11 heteroatoms. The van der Waals surface area contributed by atoms with Gasteiger partial charge in [-0.1, -0.05) is 48.4 Å². The Morgan fingerprint density at radius 2 is 1.71 bits per heavy atom. The van der Waals surface area contributed by atoms with Gasteiger partial charge in [-0.25, -0.2) is 4.98 Å². The van der Waals surface area contributed by atoms with E-state index in [2.05, 4.69) is 15.6 Å². The first kappa shape index (κ1) is 22.4. The molecule has 0 saturated carbocycles. The first-order valence-corrected chi connectivity index (χ1v) is 9.91. The highest BCUT2D eigenvalue weighted by atomic mass is 35.5. The smallest absolute Gasteiger partial charge is 0.321 e. The molecule has 1 amide bonds. The highest BCUT2D eigenvalue weighted by Gasteiger charge is 2.28. The summed E-state index contributed by atoms with van der Waals surface area (Å²) in [4.78, 5) is 39.3. The first-order valence-electron chi connectivity index (χ1n) is 8.34. The number of anilines is 1. The van der Waals surface area contributed by atoms with Gasteiger partial charge in [0.2, 0.25) is 5.91 Å². The number of hydrogen-bond acceptors (Lipinski definition) is 6. The maximum atomic E-state index is 12.3. The van der Waals surface area contributed by atoms with Gasteiger partial charge in [-0.05, 0) is 24.5 Å². The summed E-state index contributed by atoms with van der Waals surface area (Å²) >= 11 is 13.1. The van der Waals surface area contributed by atoms with Crippen molar-refractivity contribution in [1.29, 1.82) is 0 Å². The molecule has 1 heterocycles. The van der Waals surface area contributed by atoms with Gasteiger partial charge in [0, 0.05) is 0 Å². The molecule has 1 aromatic carbocycles. The zero-order valence-electron chi connectivity index (χ0n) is 15.0. The van der Waals surface area contributed by atoms with Crippen LogP contribution >= 0.6 is 34.5 Å². The van der Waals surface area contributed by atoms with E-state index in [0.717, 1.165) is 11.3 Å². The van der Waals surface area contributed by atoms with Crippen LogP contribution in [0.15, 0.2) is 12.1 Å². The van der Waals surface area contributed by atoms with E-state index in [9.17, 15) is 24.6 Å². The average molecular weight is 448 g/mol. The fourth-order valence-electron chi connectivity index (χ4n) is 2.50. The minimum absolute atomic E-state index is 0.0401. The van der Waals surface area contributed by atoms with Crippen LogP contribution in [0, 0.1) is 5.92 Å². The number of fused-ring (bicyclic) bond motifs is 1. The summed E-state index contributed by atoms with van der Waals surface area (Å²) < 4.78 is 0.709. The largest absolute Gasteiger partial charge is 0.480 e. The fourth-order valence-corrected chi connectivity index (χ4v) is 3.79. The molecule has 8 nitrogen and oxygen atoms in total. The van der Waals surface area contributed by atoms with E-state index in [-0.39, 0.29) is 17.5 Å². The van der Waals surface area contributed by atoms with E-state index >= 15 is 0 Å². The van der Waals surface area contributed by atoms with Crippen LogP contribution in [-0.2, 0) is 14.4 Å². The summed E-state index contributed by atoms with van der Waals surface area (Å²) in [6.07, 6.45) is -0.214. The number of benzene rings is 1. The third-order valence-corrected chi connectivity index (χ3v) is 5.43. The molecule has 0 aliphatic heterocycles. The lowest BCUT2D eigenvalue weighted by molar-refractivity contribution is -0.144. The van der Waals surface area contributed by atoms with Crippen molar-refractivity contribution in [1.82, 2.24) is 10.3 Å². The standard InChI is InChI=1S/C17H19Cl2N3O5S/c1-7(2)3-11(15(24)25)20-12(16(26)27)6-14(23)22-17-21-10-4-8(18)9(19)5-13(10)28-17/h4-5,7,11-12,20H,3,6H2,1-2H3,(H,24,25)(H,26,27)(H,21,22,23). The number of aromatic nitrogens is 1. The van der Waals surface area contributed by atoms with E-state index < -0.39 is 36.4 Å². The lowest BCUT2D eigenvalue weighted by Crippen LogP contribution is -2.49. The van der Waals surface area contributed by atoms with Crippen molar-refractivity contribution < 1.29 is 24.6 Å². The Bertz CT molecular complexity index is 863. The summed E-state index contributed by atoms with van der Waals surface area (Å²) in [6.45, 7) is 3.65. The van der Waals surface area contributed by atoms with Crippen LogP contribution in [0.4, 0.5) is 5.13 Å². The normalized spacial score (nSPS) is 13.5. The second-order valence-electron chi connectivity index (χ2n) is 6.58. The highest BCUT2D eigenvalue weighted by Crippen LogP contribution is 2.33. The number of nitrogens with one attached hydrogen (secondary N) is 2. The van der Waals surface area contributed by atoms with Crippen molar-refractivity contribution in [2.24, 2.45) is 5.92 Å². The summed E-state index contributed by atoms with van der Waals surface area (Å²) in [6, 6.07) is 0.771.